The van der Waals surface area contributed by atoms with Crippen molar-refractivity contribution in [2.45, 2.75) is 51.5 Å². The number of aliphatic imine (C=N–C) groups is 1. The molecule has 0 radical (unpaired) electrons. The van der Waals surface area contributed by atoms with E-state index in [4.69, 9.17) is 4.74 Å². The van der Waals surface area contributed by atoms with Gasteiger partial charge in [0.1, 0.15) is 12.4 Å². The van der Waals surface area contributed by atoms with E-state index in [-0.39, 0.29) is 12.0 Å². The highest BCUT2D eigenvalue weighted by atomic mass is 16.5. The molecular weight excluding hydrogens is 354 g/mol. The van der Waals surface area contributed by atoms with Crippen LogP contribution in [-0.2, 0) is 4.79 Å². The molecule has 1 aromatic rings. The van der Waals surface area contributed by atoms with Crippen LogP contribution in [0.15, 0.2) is 29.5 Å². The monoisotopic (exact) mass is 387 g/mol. The average Bonchev–Trinajstić information content (AvgIpc) is 3.20. The number of nitrogens with one attached hydrogen (secondary N) is 2. The van der Waals surface area contributed by atoms with Gasteiger partial charge < -0.3 is 20.3 Å². The maximum Gasteiger partial charge on any atom is 0.225 e. The second kappa shape index (κ2) is 10.9. The molecule has 3 rings (SSSR count). The summed E-state index contributed by atoms with van der Waals surface area (Å²) in [5.74, 6) is 2.15. The summed E-state index contributed by atoms with van der Waals surface area (Å²) in [6.45, 7) is 5.52. The smallest absolute Gasteiger partial charge is 0.225 e. The molecule has 2 fully saturated rings. The third-order valence-electron chi connectivity index (χ3n) is 5.40. The van der Waals surface area contributed by atoms with Crippen molar-refractivity contribution in [3.8, 4) is 5.75 Å². The Morgan fingerprint density at radius 2 is 2.18 bits per heavy atom. The van der Waals surface area contributed by atoms with Gasteiger partial charge in [-0.05, 0) is 38.3 Å². The van der Waals surface area contributed by atoms with Crippen molar-refractivity contribution in [1.29, 1.82) is 0 Å². The van der Waals surface area contributed by atoms with Crippen molar-refractivity contribution < 1.29 is 9.53 Å². The van der Waals surface area contributed by atoms with Crippen LogP contribution in [0.2, 0.25) is 0 Å². The summed E-state index contributed by atoms with van der Waals surface area (Å²) < 4.78 is 5.64. The quantitative estimate of drug-likeness (QED) is 0.426. The van der Waals surface area contributed by atoms with Gasteiger partial charge in [-0.15, -0.1) is 0 Å². The normalized spacial score (nSPS) is 20.8. The van der Waals surface area contributed by atoms with Gasteiger partial charge in [0.15, 0.2) is 5.96 Å². The predicted molar refractivity (Wildman–Crippen MR) is 110 cm³/mol. The molecular formula is C21H33N5O2. The van der Waals surface area contributed by atoms with Gasteiger partial charge in [0.05, 0.1) is 12.7 Å². The number of guanidine groups is 1. The van der Waals surface area contributed by atoms with Crippen LogP contribution in [0, 0.1) is 5.92 Å². The lowest BCUT2D eigenvalue weighted by Crippen LogP contribution is -2.45. The zero-order valence-electron chi connectivity index (χ0n) is 16.9. The number of amides is 1. The first-order valence-corrected chi connectivity index (χ1v) is 10.6. The molecule has 0 spiro atoms. The van der Waals surface area contributed by atoms with E-state index >= 15 is 0 Å². The molecule has 1 amide bonds. The van der Waals surface area contributed by atoms with Gasteiger partial charge in [-0.1, -0.05) is 19.3 Å². The van der Waals surface area contributed by atoms with Gasteiger partial charge in [0.2, 0.25) is 5.91 Å². The fraction of sp³-hybridized carbons (Fsp3) is 0.667. The van der Waals surface area contributed by atoms with E-state index in [1.807, 2.05) is 17.0 Å². The molecule has 1 aromatic heterocycles. The van der Waals surface area contributed by atoms with Crippen LogP contribution in [0.25, 0.3) is 0 Å². The molecule has 1 aliphatic carbocycles. The van der Waals surface area contributed by atoms with E-state index in [1.54, 1.807) is 12.4 Å². The maximum atomic E-state index is 12.7. The van der Waals surface area contributed by atoms with Crippen LogP contribution < -0.4 is 15.4 Å². The highest BCUT2D eigenvalue weighted by molar-refractivity contribution is 5.81. The number of carbonyl (C=O) groups is 1. The number of pyridine rings is 1. The van der Waals surface area contributed by atoms with Crippen molar-refractivity contribution in [3.05, 3.63) is 24.5 Å². The number of rotatable bonds is 7. The second-order valence-electron chi connectivity index (χ2n) is 7.55. The zero-order valence-corrected chi connectivity index (χ0v) is 16.9. The summed E-state index contributed by atoms with van der Waals surface area (Å²) >= 11 is 0. The van der Waals surface area contributed by atoms with E-state index in [0.717, 1.165) is 50.6 Å². The molecule has 1 saturated carbocycles. The lowest BCUT2D eigenvalue weighted by Gasteiger charge is -2.26. The molecule has 2 N–H and O–H groups in total. The Morgan fingerprint density at radius 3 is 2.93 bits per heavy atom. The van der Waals surface area contributed by atoms with E-state index in [9.17, 15) is 4.79 Å². The lowest BCUT2D eigenvalue weighted by atomic mass is 9.88. The Hall–Kier alpha value is -2.31. The Kier molecular flexibility index (Phi) is 7.94. The zero-order chi connectivity index (χ0) is 19.6. The highest BCUT2D eigenvalue weighted by Gasteiger charge is 2.31. The molecule has 2 heterocycles. The first kappa shape index (κ1) is 20.4. The van der Waals surface area contributed by atoms with Crippen molar-refractivity contribution in [2.75, 3.05) is 32.8 Å². The van der Waals surface area contributed by atoms with Crippen LogP contribution >= 0.6 is 0 Å². The molecule has 0 bridgehead atoms. The van der Waals surface area contributed by atoms with Gasteiger partial charge in [0, 0.05) is 37.8 Å². The van der Waals surface area contributed by atoms with E-state index in [0.29, 0.717) is 19.1 Å². The summed E-state index contributed by atoms with van der Waals surface area (Å²) in [5.41, 5.74) is 0. The Labute approximate surface area is 168 Å². The largest absolute Gasteiger partial charge is 0.490 e. The number of hydrogen-bond acceptors (Lipinski definition) is 4. The second-order valence-corrected chi connectivity index (χ2v) is 7.55. The molecule has 1 saturated heterocycles. The highest BCUT2D eigenvalue weighted by Crippen LogP contribution is 2.26. The van der Waals surface area contributed by atoms with Gasteiger partial charge in [0.25, 0.3) is 0 Å². The third kappa shape index (κ3) is 6.11. The van der Waals surface area contributed by atoms with Crippen molar-refractivity contribution in [3.63, 3.8) is 0 Å². The number of hydrogen-bond donors (Lipinski definition) is 2. The van der Waals surface area contributed by atoms with Crippen LogP contribution in [0.3, 0.4) is 0 Å². The molecule has 1 atom stereocenters. The molecule has 7 heteroatoms. The first-order chi connectivity index (χ1) is 13.8. The van der Waals surface area contributed by atoms with Crippen LogP contribution in [-0.4, -0.2) is 60.6 Å². The minimum absolute atomic E-state index is 0.249. The predicted octanol–water partition coefficient (Wildman–Crippen LogP) is 2.20. The van der Waals surface area contributed by atoms with Crippen molar-refractivity contribution in [1.82, 2.24) is 20.5 Å². The minimum atomic E-state index is 0.249. The topological polar surface area (TPSA) is 78.9 Å². The average molecular weight is 388 g/mol. The Balaban J connectivity index is 1.43. The standard InChI is InChI=1S/C21H33N5O2/c1-2-23-21(24-12-14-28-19-9-6-11-22-15-19)25-18-10-13-26(16-18)20(27)17-7-4-3-5-8-17/h6,9,11,15,17-18H,2-5,7-8,10,12-14,16H2,1H3,(H2,23,24,25). The third-order valence-corrected chi connectivity index (χ3v) is 5.40. The van der Waals surface area contributed by atoms with Gasteiger partial charge in [-0.25, -0.2) is 4.99 Å². The SMILES string of the molecule is CCNC(=NCCOc1cccnc1)NC1CCN(C(=O)C2CCCCC2)C1. The van der Waals surface area contributed by atoms with Crippen molar-refractivity contribution in [2.24, 2.45) is 10.9 Å². The molecule has 0 aromatic carbocycles. The number of ether oxygens (including phenoxy) is 1. The summed E-state index contributed by atoms with van der Waals surface area (Å²) in [7, 11) is 0. The number of carbonyl (C=O) groups excluding carboxylic acids is 1. The summed E-state index contributed by atoms with van der Waals surface area (Å²) in [4.78, 5) is 23.4. The Bertz CT molecular complexity index is 631. The fourth-order valence-corrected chi connectivity index (χ4v) is 3.95. The molecule has 1 aliphatic heterocycles. The molecule has 154 valence electrons. The van der Waals surface area contributed by atoms with Crippen molar-refractivity contribution >= 4 is 11.9 Å². The number of likely N-dealkylation sites (tertiary alicyclic amines) is 1. The molecule has 2 aliphatic rings. The van der Waals surface area contributed by atoms with Gasteiger partial charge >= 0.3 is 0 Å². The van der Waals surface area contributed by atoms with Crippen LogP contribution in [0.1, 0.15) is 45.4 Å². The lowest BCUT2D eigenvalue weighted by molar-refractivity contribution is -0.135. The summed E-state index contributed by atoms with van der Waals surface area (Å²) in [5, 5.41) is 6.76. The number of nitrogens with zero attached hydrogens (tertiary/aromatic N) is 3. The Morgan fingerprint density at radius 1 is 1.32 bits per heavy atom. The summed E-state index contributed by atoms with van der Waals surface area (Å²) in [6.07, 6.45) is 10.2. The van der Waals surface area contributed by atoms with Gasteiger partial charge in [-0.3, -0.25) is 9.78 Å². The minimum Gasteiger partial charge on any atom is -0.490 e. The van der Waals surface area contributed by atoms with E-state index in [1.165, 1.54) is 19.3 Å². The van der Waals surface area contributed by atoms with E-state index in [2.05, 4.69) is 27.5 Å². The van der Waals surface area contributed by atoms with E-state index < -0.39 is 0 Å². The number of aromatic nitrogens is 1. The maximum absolute atomic E-state index is 12.7. The molecule has 7 nitrogen and oxygen atoms in total. The van der Waals surface area contributed by atoms with Crippen LogP contribution in [0.5, 0.6) is 5.75 Å². The molecule has 1 unspecified atom stereocenters. The first-order valence-electron chi connectivity index (χ1n) is 10.6. The van der Waals surface area contributed by atoms with Gasteiger partial charge in [-0.2, -0.15) is 0 Å². The fourth-order valence-electron chi connectivity index (χ4n) is 3.95. The van der Waals surface area contributed by atoms with Crippen LogP contribution in [0.4, 0.5) is 0 Å². The molecule has 28 heavy (non-hydrogen) atoms. The summed E-state index contributed by atoms with van der Waals surface area (Å²) in [6, 6.07) is 3.99.